The molecule has 0 bridgehead atoms. The second-order valence-electron chi connectivity index (χ2n) is 7.56. The molecule has 1 fully saturated rings. The third kappa shape index (κ3) is 5.45. The molecule has 2 heterocycles. The van der Waals surface area contributed by atoms with Gasteiger partial charge in [-0.2, -0.15) is 5.21 Å². The largest absolute Gasteiger partial charge is 0.390 e. The Morgan fingerprint density at radius 2 is 2.03 bits per heavy atom. The van der Waals surface area contributed by atoms with Gasteiger partial charge in [-0.05, 0) is 30.3 Å². The molecule has 0 unspecified atom stereocenters. The summed E-state index contributed by atoms with van der Waals surface area (Å²) in [6.45, 7) is -0.306. The molecule has 2 aromatic rings. The molecule has 3 atom stereocenters. The number of aliphatic hydroxyl groups is 1. The average Bonchev–Trinajstić information content (AvgIpc) is 3.30. The van der Waals surface area contributed by atoms with Crippen molar-refractivity contribution in [2.24, 2.45) is 22.5 Å². The first-order chi connectivity index (χ1) is 15.5. The zero-order chi connectivity index (χ0) is 24.4. The molecule has 0 spiro atoms. The summed E-state index contributed by atoms with van der Waals surface area (Å²) in [6, 6.07) is 2.36. The van der Waals surface area contributed by atoms with Crippen molar-refractivity contribution in [3.8, 4) is 11.4 Å². The highest BCUT2D eigenvalue weighted by Crippen LogP contribution is 2.39. The minimum atomic E-state index is -4.68. The van der Waals surface area contributed by atoms with Gasteiger partial charge in [0, 0.05) is 37.8 Å². The molecule has 14 nitrogen and oxygen atoms in total. The maximum absolute atomic E-state index is 14.6. The van der Waals surface area contributed by atoms with Crippen LogP contribution in [0.5, 0.6) is 0 Å². The number of piperidine rings is 1. The van der Waals surface area contributed by atoms with Crippen molar-refractivity contribution in [2.45, 2.75) is 28.5 Å². The van der Waals surface area contributed by atoms with E-state index in [0.29, 0.717) is 13.0 Å². The lowest BCUT2D eigenvalue weighted by Crippen LogP contribution is -2.44. The number of primary sulfonamides is 1. The number of tetrazole rings is 1. The third-order valence-corrected chi connectivity index (χ3v) is 7.93. The lowest BCUT2D eigenvalue weighted by Gasteiger charge is -2.36. The van der Waals surface area contributed by atoms with Crippen molar-refractivity contribution in [1.82, 2.24) is 25.3 Å². The summed E-state index contributed by atoms with van der Waals surface area (Å²) in [5, 5.41) is 28.2. The molecule has 184 valence electrons. The standard InChI is InChI=1S/C16H26FN9O5S2/c17-11-8-26(4-3-9(11)5-18)12-1-2-13(33(30,31)21-7-10(27)6-19)15(32(20,28)29)14(12)16-22-24-25-23-16/h1-2,9-11,21,27H,3-8,18-19H2,(H2,20,28,29)(H,22,23,24,25)/t9-,10+,11+/m0/s1. The molecule has 0 amide bonds. The van der Waals surface area contributed by atoms with Gasteiger partial charge in [-0.25, -0.2) is 31.1 Å². The smallest absolute Gasteiger partial charge is 0.242 e. The first kappa shape index (κ1) is 25.3. The van der Waals surface area contributed by atoms with Gasteiger partial charge in [0.15, 0.2) is 0 Å². The third-order valence-electron chi connectivity index (χ3n) is 5.34. The van der Waals surface area contributed by atoms with Crippen LogP contribution in [0.4, 0.5) is 10.1 Å². The first-order valence-electron chi connectivity index (χ1n) is 9.90. The van der Waals surface area contributed by atoms with Crippen LogP contribution in [0.3, 0.4) is 0 Å². The van der Waals surface area contributed by atoms with Crippen LogP contribution in [0, 0.1) is 5.92 Å². The van der Waals surface area contributed by atoms with Crippen molar-refractivity contribution in [1.29, 1.82) is 0 Å². The molecule has 33 heavy (non-hydrogen) atoms. The Labute approximate surface area is 189 Å². The normalized spacial score (nSPS) is 20.7. The van der Waals surface area contributed by atoms with E-state index < -0.39 is 48.7 Å². The van der Waals surface area contributed by atoms with E-state index in [9.17, 15) is 26.3 Å². The molecular weight excluding hydrogens is 481 g/mol. The Bertz CT molecular complexity index is 1180. The maximum atomic E-state index is 14.6. The summed E-state index contributed by atoms with van der Waals surface area (Å²) in [4.78, 5) is 0.0815. The summed E-state index contributed by atoms with van der Waals surface area (Å²) < 4.78 is 67.8. The summed E-state index contributed by atoms with van der Waals surface area (Å²) in [6.07, 6.45) is -2.09. The van der Waals surface area contributed by atoms with Crippen molar-refractivity contribution in [2.75, 3.05) is 37.6 Å². The van der Waals surface area contributed by atoms with E-state index >= 15 is 0 Å². The fourth-order valence-corrected chi connectivity index (χ4v) is 6.27. The molecule has 0 radical (unpaired) electrons. The zero-order valence-electron chi connectivity index (χ0n) is 17.4. The molecule has 1 aliphatic heterocycles. The van der Waals surface area contributed by atoms with Gasteiger partial charge < -0.3 is 21.5 Å². The molecule has 9 N–H and O–H groups in total. The Hall–Kier alpha value is -2.28. The number of sulfonamides is 2. The van der Waals surface area contributed by atoms with Crippen LogP contribution in [-0.2, 0) is 20.0 Å². The predicted molar refractivity (Wildman–Crippen MR) is 116 cm³/mol. The van der Waals surface area contributed by atoms with Gasteiger partial charge in [0.2, 0.25) is 25.9 Å². The van der Waals surface area contributed by atoms with E-state index in [4.69, 9.17) is 16.6 Å². The van der Waals surface area contributed by atoms with Crippen LogP contribution in [0.15, 0.2) is 21.9 Å². The summed E-state index contributed by atoms with van der Waals surface area (Å²) in [5.41, 5.74) is 10.8. The van der Waals surface area contributed by atoms with E-state index in [1.807, 2.05) is 0 Å². The van der Waals surface area contributed by atoms with Crippen LogP contribution >= 0.6 is 0 Å². The molecule has 3 rings (SSSR count). The molecule has 1 saturated heterocycles. The lowest BCUT2D eigenvalue weighted by atomic mass is 9.94. The SMILES string of the molecule is NC[C@@H](O)CNS(=O)(=O)c1ccc(N2CC[C@@H](CN)[C@H](F)C2)c(-c2nn[nH]n2)c1S(N)(=O)=O. The van der Waals surface area contributed by atoms with E-state index in [1.165, 1.54) is 6.07 Å². The number of aliphatic hydroxyl groups excluding tert-OH is 1. The van der Waals surface area contributed by atoms with E-state index in [2.05, 4.69) is 25.3 Å². The zero-order valence-corrected chi connectivity index (χ0v) is 19.1. The highest BCUT2D eigenvalue weighted by molar-refractivity contribution is 7.92. The molecule has 1 aromatic carbocycles. The lowest BCUT2D eigenvalue weighted by molar-refractivity contribution is 0.186. The number of halogens is 1. The monoisotopic (exact) mass is 507 g/mol. The highest BCUT2D eigenvalue weighted by atomic mass is 32.2. The topological polar surface area (TPSA) is 236 Å². The number of anilines is 1. The number of nitrogens with two attached hydrogens (primary N) is 3. The Morgan fingerprint density at radius 3 is 2.58 bits per heavy atom. The van der Waals surface area contributed by atoms with Crippen LogP contribution in [-0.4, -0.2) is 87.6 Å². The van der Waals surface area contributed by atoms with Crippen LogP contribution < -0.4 is 26.2 Å². The van der Waals surface area contributed by atoms with Gasteiger partial charge >= 0.3 is 0 Å². The van der Waals surface area contributed by atoms with E-state index in [-0.39, 0.29) is 42.6 Å². The van der Waals surface area contributed by atoms with Gasteiger partial charge in [0.05, 0.1) is 11.7 Å². The molecule has 0 saturated carbocycles. The van der Waals surface area contributed by atoms with Gasteiger partial charge in [-0.1, -0.05) is 0 Å². The fraction of sp³-hybridized carbons (Fsp3) is 0.562. The number of hydrogen-bond acceptors (Lipinski definition) is 11. The fourth-order valence-electron chi connectivity index (χ4n) is 3.60. The quantitative estimate of drug-likeness (QED) is 0.203. The number of benzene rings is 1. The Kier molecular flexibility index (Phi) is 7.62. The molecular formula is C16H26FN9O5S2. The molecule has 17 heteroatoms. The number of alkyl halides is 1. The highest BCUT2D eigenvalue weighted by Gasteiger charge is 2.35. The molecule has 0 aliphatic carbocycles. The summed E-state index contributed by atoms with van der Waals surface area (Å²) >= 11 is 0. The van der Waals surface area contributed by atoms with E-state index in [0.717, 1.165) is 6.07 Å². The second-order valence-corrected chi connectivity index (χ2v) is 10.8. The minimum Gasteiger partial charge on any atom is -0.390 e. The van der Waals surface area contributed by atoms with Gasteiger partial charge in [-0.3, -0.25) is 0 Å². The summed E-state index contributed by atoms with van der Waals surface area (Å²) in [7, 11) is -9.16. The number of rotatable bonds is 9. The number of hydrogen-bond donors (Lipinski definition) is 6. The number of aromatic amines is 1. The minimum absolute atomic E-state index is 0.107. The second kappa shape index (κ2) is 9.92. The first-order valence-corrected chi connectivity index (χ1v) is 12.9. The number of H-pyrrole nitrogens is 1. The van der Waals surface area contributed by atoms with Crippen LogP contribution in [0.1, 0.15) is 6.42 Å². The average molecular weight is 508 g/mol. The van der Waals surface area contributed by atoms with Crippen molar-refractivity contribution in [3.63, 3.8) is 0 Å². The van der Waals surface area contributed by atoms with E-state index in [1.54, 1.807) is 4.90 Å². The van der Waals surface area contributed by atoms with Crippen LogP contribution in [0.2, 0.25) is 0 Å². The predicted octanol–water partition coefficient (Wildman–Crippen LogP) is -2.76. The van der Waals surface area contributed by atoms with Crippen molar-refractivity contribution in [3.05, 3.63) is 12.1 Å². The molecule has 1 aliphatic rings. The number of nitrogens with one attached hydrogen (secondary N) is 2. The van der Waals surface area contributed by atoms with Gasteiger partial charge in [-0.15, -0.1) is 10.2 Å². The Balaban J connectivity index is 2.20. The van der Waals surface area contributed by atoms with Gasteiger partial charge in [0.25, 0.3) is 0 Å². The van der Waals surface area contributed by atoms with Gasteiger partial charge in [0.1, 0.15) is 16.0 Å². The number of nitrogens with zero attached hydrogens (tertiary/aromatic N) is 4. The molecule has 1 aromatic heterocycles. The number of aromatic nitrogens is 4. The van der Waals surface area contributed by atoms with Crippen LogP contribution in [0.25, 0.3) is 11.4 Å². The summed E-state index contributed by atoms with van der Waals surface area (Å²) in [5.74, 6) is -0.602. The van der Waals surface area contributed by atoms with Crippen molar-refractivity contribution < 1.29 is 26.3 Å². The Morgan fingerprint density at radius 1 is 1.30 bits per heavy atom. The van der Waals surface area contributed by atoms with Crippen molar-refractivity contribution >= 4 is 25.7 Å². The maximum Gasteiger partial charge on any atom is 0.242 e.